The molecule has 1 unspecified atom stereocenters. The van der Waals surface area contributed by atoms with Crippen LogP contribution in [-0.4, -0.2) is 16.3 Å². The van der Waals surface area contributed by atoms with Crippen molar-refractivity contribution in [1.29, 1.82) is 0 Å². The fourth-order valence-electron chi connectivity index (χ4n) is 1.83. The van der Waals surface area contributed by atoms with E-state index in [2.05, 4.69) is 26.3 Å². The molecule has 18 heavy (non-hydrogen) atoms. The quantitative estimate of drug-likeness (QED) is 0.937. The highest BCUT2D eigenvalue weighted by Gasteiger charge is 2.10. The number of rotatable bonds is 4. The Bertz CT molecular complexity index is 539. The van der Waals surface area contributed by atoms with Crippen LogP contribution in [0.25, 0.3) is 5.69 Å². The van der Waals surface area contributed by atoms with Gasteiger partial charge in [0.05, 0.1) is 10.7 Å². The van der Waals surface area contributed by atoms with Crippen molar-refractivity contribution in [2.24, 2.45) is 0 Å². The lowest BCUT2D eigenvalue weighted by Crippen LogP contribution is -2.18. The zero-order valence-electron chi connectivity index (χ0n) is 10.3. The summed E-state index contributed by atoms with van der Waals surface area (Å²) in [4.78, 5) is 0. The van der Waals surface area contributed by atoms with Gasteiger partial charge in [-0.15, -0.1) is 0 Å². The Balaban J connectivity index is 2.30. The summed E-state index contributed by atoms with van der Waals surface area (Å²) >= 11 is 3.30. The van der Waals surface area contributed by atoms with Gasteiger partial charge in [-0.2, -0.15) is 5.10 Å². The van der Waals surface area contributed by atoms with Crippen LogP contribution in [0, 0.1) is 5.82 Å². The van der Waals surface area contributed by atoms with Gasteiger partial charge >= 0.3 is 0 Å². The van der Waals surface area contributed by atoms with E-state index < -0.39 is 0 Å². The van der Waals surface area contributed by atoms with E-state index in [1.54, 1.807) is 24.5 Å². The van der Waals surface area contributed by atoms with Crippen LogP contribution in [0.5, 0.6) is 0 Å². The van der Waals surface area contributed by atoms with E-state index in [0.717, 1.165) is 16.6 Å². The second-order valence-electron chi connectivity index (χ2n) is 4.09. The predicted molar refractivity (Wildman–Crippen MR) is 73.3 cm³/mol. The molecule has 0 fully saturated rings. The molecule has 0 saturated carbocycles. The van der Waals surface area contributed by atoms with Crippen LogP contribution in [0.2, 0.25) is 0 Å². The molecular weight excluding hydrogens is 297 g/mol. The highest BCUT2D eigenvalue weighted by Crippen LogP contribution is 2.20. The van der Waals surface area contributed by atoms with Crippen molar-refractivity contribution in [3.63, 3.8) is 0 Å². The van der Waals surface area contributed by atoms with Crippen LogP contribution in [0.15, 0.2) is 35.1 Å². The third-order valence-corrected chi connectivity index (χ3v) is 3.19. The Morgan fingerprint density at radius 2 is 2.28 bits per heavy atom. The lowest BCUT2D eigenvalue weighted by Gasteiger charge is -2.13. The van der Waals surface area contributed by atoms with Gasteiger partial charge in [0.15, 0.2) is 0 Å². The average molecular weight is 312 g/mol. The van der Waals surface area contributed by atoms with Gasteiger partial charge in [-0.05, 0) is 47.1 Å². The van der Waals surface area contributed by atoms with Crippen molar-refractivity contribution in [1.82, 2.24) is 15.1 Å². The van der Waals surface area contributed by atoms with E-state index in [9.17, 15) is 4.39 Å². The number of halogens is 2. The van der Waals surface area contributed by atoms with Crippen LogP contribution < -0.4 is 5.32 Å². The van der Waals surface area contributed by atoms with Gasteiger partial charge in [0, 0.05) is 12.2 Å². The number of hydrogen-bond acceptors (Lipinski definition) is 2. The third kappa shape index (κ3) is 2.79. The first-order chi connectivity index (χ1) is 8.61. The molecule has 96 valence electrons. The van der Waals surface area contributed by atoms with Gasteiger partial charge in [-0.1, -0.05) is 13.0 Å². The number of hydrogen-bond donors (Lipinski definition) is 1. The minimum absolute atomic E-state index is 0.142. The Kier molecular flexibility index (Phi) is 4.14. The van der Waals surface area contributed by atoms with Gasteiger partial charge < -0.3 is 5.32 Å². The summed E-state index contributed by atoms with van der Waals surface area (Å²) in [6, 6.07) is 5.36. The highest BCUT2D eigenvalue weighted by atomic mass is 79.9. The van der Waals surface area contributed by atoms with Crippen LogP contribution in [-0.2, 0) is 0 Å². The van der Waals surface area contributed by atoms with E-state index in [1.165, 1.54) is 4.68 Å². The third-order valence-electron chi connectivity index (χ3n) is 2.78. The molecule has 1 atom stereocenters. The van der Waals surface area contributed by atoms with Gasteiger partial charge in [-0.3, -0.25) is 0 Å². The van der Waals surface area contributed by atoms with Crippen LogP contribution in [0.4, 0.5) is 4.39 Å². The molecule has 1 aromatic heterocycles. The Hall–Kier alpha value is -1.20. The molecular formula is C13H15BrFN3. The average Bonchev–Trinajstić information content (AvgIpc) is 2.76. The summed E-state index contributed by atoms with van der Waals surface area (Å²) in [7, 11) is 0. The molecule has 0 saturated heterocycles. The zero-order chi connectivity index (χ0) is 13.1. The van der Waals surface area contributed by atoms with E-state index in [4.69, 9.17) is 0 Å². The first-order valence-corrected chi connectivity index (χ1v) is 6.64. The Labute approximate surface area is 114 Å². The molecule has 1 N–H and O–H groups in total. The second-order valence-corrected chi connectivity index (χ2v) is 5.01. The molecule has 2 rings (SSSR count). The second kappa shape index (κ2) is 5.63. The number of nitrogens with one attached hydrogen (secondary N) is 1. The first-order valence-electron chi connectivity index (χ1n) is 5.85. The summed E-state index contributed by atoms with van der Waals surface area (Å²) in [5.74, 6) is -0.271. The summed E-state index contributed by atoms with van der Waals surface area (Å²) < 4.78 is 16.4. The van der Waals surface area contributed by atoms with Crippen LogP contribution in [0.1, 0.15) is 25.5 Å². The molecule has 0 aliphatic heterocycles. The summed E-state index contributed by atoms with van der Waals surface area (Å²) in [6.07, 6.45) is 3.36. The largest absolute Gasteiger partial charge is 0.310 e. The summed E-state index contributed by atoms with van der Waals surface area (Å²) in [6.45, 7) is 4.90. The normalized spacial score (nSPS) is 12.7. The monoisotopic (exact) mass is 311 g/mol. The maximum Gasteiger partial charge on any atom is 0.149 e. The molecule has 5 heteroatoms. The van der Waals surface area contributed by atoms with Crippen LogP contribution >= 0.6 is 15.9 Å². The molecule has 0 bridgehead atoms. The van der Waals surface area contributed by atoms with E-state index in [-0.39, 0.29) is 11.9 Å². The molecule has 0 aliphatic rings. The van der Waals surface area contributed by atoms with Gasteiger partial charge in [0.2, 0.25) is 0 Å². The molecule has 0 aliphatic carbocycles. The predicted octanol–water partition coefficient (Wildman–Crippen LogP) is 3.44. The van der Waals surface area contributed by atoms with Crippen molar-refractivity contribution in [2.45, 2.75) is 19.9 Å². The Morgan fingerprint density at radius 3 is 2.83 bits per heavy atom. The minimum atomic E-state index is -0.271. The van der Waals surface area contributed by atoms with E-state index in [0.29, 0.717) is 5.69 Å². The highest BCUT2D eigenvalue weighted by molar-refractivity contribution is 9.10. The maximum absolute atomic E-state index is 14.0. The first kappa shape index (κ1) is 13.2. The van der Waals surface area contributed by atoms with Crippen molar-refractivity contribution < 1.29 is 4.39 Å². The van der Waals surface area contributed by atoms with Gasteiger partial charge in [0.25, 0.3) is 0 Å². The molecule has 2 aromatic rings. The van der Waals surface area contributed by atoms with Gasteiger partial charge in [0.1, 0.15) is 11.5 Å². The van der Waals surface area contributed by atoms with Crippen molar-refractivity contribution >= 4 is 15.9 Å². The standard InChI is InChI=1S/C13H15BrFN3/c1-3-16-9(2)10-4-5-13(12(15)6-10)18-8-11(14)7-17-18/h4-9,16H,3H2,1-2H3. The SMILES string of the molecule is CCNC(C)c1ccc(-n2cc(Br)cn2)c(F)c1. The smallest absolute Gasteiger partial charge is 0.149 e. The lowest BCUT2D eigenvalue weighted by molar-refractivity contribution is 0.577. The maximum atomic E-state index is 14.0. The molecule has 3 nitrogen and oxygen atoms in total. The van der Waals surface area contributed by atoms with Gasteiger partial charge in [-0.25, -0.2) is 9.07 Å². The Morgan fingerprint density at radius 1 is 1.50 bits per heavy atom. The number of aromatic nitrogens is 2. The topological polar surface area (TPSA) is 29.9 Å². The van der Waals surface area contributed by atoms with E-state index >= 15 is 0 Å². The fraction of sp³-hybridized carbons (Fsp3) is 0.308. The molecule has 1 heterocycles. The molecule has 0 radical (unpaired) electrons. The molecule has 1 aromatic carbocycles. The number of nitrogens with zero attached hydrogens (tertiary/aromatic N) is 2. The van der Waals surface area contributed by atoms with Crippen molar-refractivity contribution in [3.8, 4) is 5.69 Å². The van der Waals surface area contributed by atoms with Crippen LogP contribution in [0.3, 0.4) is 0 Å². The molecule has 0 amide bonds. The lowest BCUT2D eigenvalue weighted by atomic mass is 10.1. The zero-order valence-corrected chi connectivity index (χ0v) is 11.9. The summed E-state index contributed by atoms with van der Waals surface area (Å²) in [5, 5.41) is 7.33. The molecule has 0 spiro atoms. The minimum Gasteiger partial charge on any atom is -0.310 e. The number of benzene rings is 1. The summed E-state index contributed by atoms with van der Waals surface area (Å²) in [5.41, 5.74) is 1.39. The van der Waals surface area contributed by atoms with Crippen molar-refractivity contribution in [3.05, 3.63) is 46.4 Å². The fourth-order valence-corrected chi connectivity index (χ4v) is 2.12. The van der Waals surface area contributed by atoms with E-state index in [1.807, 2.05) is 19.9 Å². The van der Waals surface area contributed by atoms with Crippen molar-refractivity contribution in [2.75, 3.05) is 6.54 Å².